The van der Waals surface area contributed by atoms with Crippen LogP contribution in [0, 0.1) is 5.92 Å². The molecule has 5 nitrogen and oxygen atoms in total. The predicted molar refractivity (Wildman–Crippen MR) is 76.3 cm³/mol. The predicted octanol–water partition coefficient (Wildman–Crippen LogP) is 2.24. The summed E-state index contributed by atoms with van der Waals surface area (Å²) in [6, 6.07) is 1.05. The molecule has 106 valence electrons. The van der Waals surface area contributed by atoms with Gasteiger partial charge in [0.05, 0.1) is 18.2 Å². The Morgan fingerprint density at radius 2 is 2.16 bits per heavy atom. The second-order valence-corrected chi connectivity index (χ2v) is 5.20. The van der Waals surface area contributed by atoms with Crippen molar-refractivity contribution in [1.82, 2.24) is 0 Å². The molecule has 2 atom stereocenters. The van der Waals surface area contributed by atoms with Crippen LogP contribution in [0.2, 0.25) is 0 Å². The minimum Gasteiger partial charge on any atom is -0.462 e. The molecule has 0 fully saturated rings. The number of nitrogens with two attached hydrogens (primary N) is 1. The third-order valence-electron chi connectivity index (χ3n) is 2.96. The van der Waals surface area contributed by atoms with E-state index in [1.54, 1.807) is 18.4 Å². The molecule has 0 radical (unpaired) electrons. The summed E-state index contributed by atoms with van der Waals surface area (Å²) in [7, 11) is 0. The van der Waals surface area contributed by atoms with Gasteiger partial charge in [-0.2, -0.15) is 0 Å². The summed E-state index contributed by atoms with van der Waals surface area (Å²) in [5.41, 5.74) is 6.22. The molecule has 1 amide bonds. The van der Waals surface area contributed by atoms with E-state index in [2.05, 4.69) is 5.32 Å². The van der Waals surface area contributed by atoms with Gasteiger partial charge in [-0.25, -0.2) is 4.79 Å². The summed E-state index contributed by atoms with van der Waals surface area (Å²) < 4.78 is 4.92. The molecule has 0 spiro atoms. The Balaban J connectivity index is 2.75. The van der Waals surface area contributed by atoms with E-state index in [1.807, 2.05) is 13.8 Å². The topological polar surface area (TPSA) is 81.4 Å². The van der Waals surface area contributed by atoms with Crippen LogP contribution in [0.15, 0.2) is 11.4 Å². The quantitative estimate of drug-likeness (QED) is 0.785. The van der Waals surface area contributed by atoms with Crippen LogP contribution in [0.3, 0.4) is 0 Å². The molecule has 0 aliphatic heterocycles. The number of carbonyl (C=O) groups is 2. The van der Waals surface area contributed by atoms with E-state index >= 15 is 0 Å². The van der Waals surface area contributed by atoms with Crippen molar-refractivity contribution < 1.29 is 14.3 Å². The number of esters is 1. The number of carbonyl (C=O) groups excluding carboxylic acids is 2. The lowest BCUT2D eigenvalue weighted by atomic mass is 9.99. The van der Waals surface area contributed by atoms with Gasteiger partial charge >= 0.3 is 5.97 Å². The Bertz CT molecular complexity index is 445. The highest BCUT2D eigenvalue weighted by atomic mass is 32.1. The zero-order chi connectivity index (χ0) is 14.4. The molecule has 1 aromatic rings. The molecule has 0 aromatic carbocycles. The van der Waals surface area contributed by atoms with E-state index in [0.717, 1.165) is 6.42 Å². The van der Waals surface area contributed by atoms with Crippen molar-refractivity contribution in [2.75, 3.05) is 11.9 Å². The van der Waals surface area contributed by atoms with Crippen molar-refractivity contribution in [2.45, 2.75) is 33.2 Å². The monoisotopic (exact) mass is 284 g/mol. The SMILES string of the molecule is CCOC(=O)c1ccsc1NC(=O)[C@@H](N)C(C)CC. The van der Waals surface area contributed by atoms with Crippen molar-refractivity contribution in [3.8, 4) is 0 Å². The van der Waals surface area contributed by atoms with Crippen molar-refractivity contribution >= 4 is 28.2 Å². The van der Waals surface area contributed by atoms with Crippen molar-refractivity contribution in [3.05, 3.63) is 17.0 Å². The molecule has 1 heterocycles. The van der Waals surface area contributed by atoms with Gasteiger partial charge < -0.3 is 15.8 Å². The Labute approximate surface area is 117 Å². The van der Waals surface area contributed by atoms with Crippen LogP contribution >= 0.6 is 11.3 Å². The molecule has 0 saturated heterocycles. The highest BCUT2D eigenvalue weighted by molar-refractivity contribution is 7.14. The van der Waals surface area contributed by atoms with Crippen molar-refractivity contribution in [3.63, 3.8) is 0 Å². The number of thiophene rings is 1. The van der Waals surface area contributed by atoms with Crippen LogP contribution in [0.25, 0.3) is 0 Å². The fraction of sp³-hybridized carbons (Fsp3) is 0.538. The maximum atomic E-state index is 12.0. The molecule has 19 heavy (non-hydrogen) atoms. The maximum Gasteiger partial charge on any atom is 0.341 e. The lowest BCUT2D eigenvalue weighted by molar-refractivity contribution is -0.118. The van der Waals surface area contributed by atoms with Crippen molar-refractivity contribution in [1.29, 1.82) is 0 Å². The zero-order valence-corrected chi connectivity index (χ0v) is 12.3. The fourth-order valence-electron chi connectivity index (χ4n) is 1.48. The van der Waals surface area contributed by atoms with Crippen LogP contribution in [0.1, 0.15) is 37.6 Å². The van der Waals surface area contributed by atoms with Gasteiger partial charge in [0, 0.05) is 0 Å². The molecule has 3 N–H and O–H groups in total. The van der Waals surface area contributed by atoms with E-state index in [-0.39, 0.29) is 11.8 Å². The number of hydrogen-bond acceptors (Lipinski definition) is 5. The van der Waals surface area contributed by atoms with Gasteiger partial charge in [0.15, 0.2) is 0 Å². The summed E-state index contributed by atoms with van der Waals surface area (Å²) in [4.78, 5) is 23.6. The van der Waals surface area contributed by atoms with Gasteiger partial charge in [0.25, 0.3) is 0 Å². The van der Waals surface area contributed by atoms with E-state index in [1.165, 1.54) is 11.3 Å². The average molecular weight is 284 g/mol. The van der Waals surface area contributed by atoms with Crippen molar-refractivity contribution in [2.24, 2.45) is 11.7 Å². The Morgan fingerprint density at radius 3 is 2.74 bits per heavy atom. The molecule has 0 bridgehead atoms. The molecule has 0 aliphatic carbocycles. The Morgan fingerprint density at radius 1 is 1.47 bits per heavy atom. The highest BCUT2D eigenvalue weighted by Gasteiger charge is 2.22. The Kier molecular flexibility index (Phi) is 5.98. The number of amides is 1. The van der Waals surface area contributed by atoms with Gasteiger partial charge in [-0.3, -0.25) is 4.79 Å². The first kappa shape index (κ1) is 15.7. The smallest absolute Gasteiger partial charge is 0.341 e. The van der Waals surface area contributed by atoms with Crippen LogP contribution in [0.5, 0.6) is 0 Å². The van der Waals surface area contributed by atoms with Crippen LogP contribution in [-0.2, 0) is 9.53 Å². The second kappa shape index (κ2) is 7.25. The third kappa shape index (κ3) is 4.04. The molecule has 0 aliphatic rings. The third-order valence-corrected chi connectivity index (χ3v) is 3.79. The number of anilines is 1. The zero-order valence-electron chi connectivity index (χ0n) is 11.4. The Hall–Kier alpha value is -1.40. The number of ether oxygens (including phenoxy) is 1. The second-order valence-electron chi connectivity index (χ2n) is 4.28. The van der Waals surface area contributed by atoms with Gasteiger partial charge in [-0.05, 0) is 24.3 Å². The molecule has 1 unspecified atom stereocenters. The summed E-state index contributed by atoms with van der Waals surface area (Å²) in [6.45, 7) is 5.94. The molecule has 1 rings (SSSR count). The lowest BCUT2D eigenvalue weighted by Crippen LogP contribution is -2.40. The minimum atomic E-state index is -0.581. The number of nitrogens with one attached hydrogen (secondary N) is 1. The summed E-state index contributed by atoms with van der Waals surface area (Å²) in [5.74, 6) is -0.621. The van der Waals surface area contributed by atoms with E-state index in [9.17, 15) is 9.59 Å². The first-order valence-electron chi connectivity index (χ1n) is 6.32. The lowest BCUT2D eigenvalue weighted by Gasteiger charge is -2.17. The van der Waals surface area contributed by atoms with Crippen LogP contribution < -0.4 is 11.1 Å². The summed E-state index contributed by atoms with van der Waals surface area (Å²) in [5, 5.41) is 4.92. The largest absolute Gasteiger partial charge is 0.462 e. The normalized spacial score (nSPS) is 13.7. The van der Waals surface area contributed by atoms with E-state index in [4.69, 9.17) is 10.5 Å². The van der Waals surface area contributed by atoms with E-state index in [0.29, 0.717) is 17.2 Å². The molecule has 1 aromatic heterocycles. The number of rotatable bonds is 6. The van der Waals surface area contributed by atoms with Gasteiger partial charge in [0.2, 0.25) is 5.91 Å². The molecular formula is C13H20N2O3S. The first-order valence-corrected chi connectivity index (χ1v) is 7.20. The maximum absolute atomic E-state index is 12.0. The summed E-state index contributed by atoms with van der Waals surface area (Å²) in [6.07, 6.45) is 0.823. The van der Waals surface area contributed by atoms with Crippen LogP contribution in [-0.4, -0.2) is 24.5 Å². The van der Waals surface area contributed by atoms with Gasteiger partial charge in [-0.15, -0.1) is 11.3 Å². The van der Waals surface area contributed by atoms with Gasteiger partial charge in [-0.1, -0.05) is 20.3 Å². The fourth-order valence-corrected chi connectivity index (χ4v) is 2.26. The number of hydrogen-bond donors (Lipinski definition) is 2. The minimum absolute atomic E-state index is 0.0889. The van der Waals surface area contributed by atoms with Gasteiger partial charge in [0.1, 0.15) is 5.00 Å². The standard InChI is InChI=1S/C13H20N2O3S/c1-4-8(3)10(14)11(16)15-12-9(6-7-19-12)13(17)18-5-2/h6-8,10H,4-5,14H2,1-3H3,(H,15,16)/t8?,10-/m0/s1. The molecule has 6 heteroatoms. The first-order chi connectivity index (χ1) is 9.01. The molecule has 0 saturated carbocycles. The highest BCUT2D eigenvalue weighted by Crippen LogP contribution is 2.24. The van der Waals surface area contributed by atoms with Crippen LogP contribution in [0.4, 0.5) is 5.00 Å². The van der Waals surface area contributed by atoms with E-state index < -0.39 is 12.0 Å². The average Bonchev–Trinajstić information content (AvgIpc) is 2.85. The summed E-state index contributed by atoms with van der Waals surface area (Å²) >= 11 is 1.28. The molecular weight excluding hydrogens is 264 g/mol.